The van der Waals surface area contributed by atoms with Gasteiger partial charge >= 0.3 is 0 Å². The molecule has 1 unspecified atom stereocenters. The highest BCUT2D eigenvalue weighted by Gasteiger charge is 2.56. The number of nitrogens with zero attached hydrogens (tertiary/aromatic N) is 2. The van der Waals surface area contributed by atoms with Crippen molar-refractivity contribution in [2.45, 2.75) is 56.5 Å². The maximum absolute atomic E-state index is 13.9. The van der Waals surface area contributed by atoms with Crippen LogP contribution in [0.5, 0.6) is 5.75 Å². The van der Waals surface area contributed by atoms with Gasteiger partial charge in [0.15, 0.2) is 0 Å². The highest BCUT2D eigenvalue weighted by Crippen LogP contribution is 2.44. The minimum Gasteiger partial charge on any atom is -0.497 e. The topological polar surface area (TPSA) is 87.2 Å². The minimum absolute atomic E-state index is 0.0421. The number of hydrogen-bond acceptors (Lipinski definition) is 5. The third kappa shape index (κ3) is 4.71. The molecule has 0 bridgehead atoms. The highest BCUT2D eigenvalue weighted by molar-refractivity contribution is 6.11. The molecule has 180 valence electrons. The number of ether oxygens (including phenoxy) is 1. The van der Waals surface area contributed by atoms with Crippen LogP contribution in [0.25, 0.3) is 0 Å². The first-order valence-electron chi connectivity index (χ1n) is 11.9. The van der Waals surface area contributed by atoms with Gasteiger partial charge < -0.3 is 14.7 Å². The second-order valence-electron chi connectivity index (χ2n) is 9.20. The van der Waals surface area contributed by atoms with Crippen molar-refractivity contribution >= 4 is 17.7 Å². The number of rotatable bonds is 9. The summed E-state index contributed by atoms with van der Waals surface area (Å²) in [5.74, 6) is -0.213. The molecule has 1 atom stereocenters. The number of likely N-dealkylation sites (tertiary alicyclic amines) is 1. The van der Waals surface area contributed by atoms with Crippen molar-refractivity contribution in [2.75, 3.05) is 20.3 Å². The van der Waals surface area contributed by atoms with Crippen molar-refractivity contribution in [1.82, 2.24) is 9.80 Å². The van der Waals surface area contributed by atoms with Gasteiger partial charge in [0, 0.05) is 32.0 Å². The molecule has 2 fully saturated rings. The molecule has 7 heteroatoms. The van der Waals surface area contributed by atoms with Gasteiger partial charge in [0.25, 0.3) is 0 Å². The normalized spacial score (nSPS) is 20.7. The van der Waals surface area contributed by atoms with Gasteiger partial charge in [0.1, 0.15) is 5.75 Å². The highest BCUT2D eigenvalue weighted by atomic mass is 16.5. The Labute approximate surface area is 200 Å². The molecular weight excluding hydrogens is 432 g/mol. The van der Waals surface area contributed by atoms with E-state index < -0.39 is 5.41 Å². The van der Waals surface area contributed by atoms with E-state index in [0.29, 0.717) is 17.9 Å². The second-order valence-corrected chi connectivity index (χ2v) is 9.20. The van der Waals surface area contributed by atoms with Crippen LogP contribution in [0, 0.1) is 0 Å². The van der Waals surface area contributed by atoms with Gasteiger partial charge in [-0.1, -0.05) is 55.3 Å². The SMILES string of the molecule is COc1cccc(C2(CC(=O)N(CCO)Cc3ccccc3)CC(=O)N(C3CCCC3)C2=O)c1. The number of aliphatic hydroxyl groups excluding tert-OH is 1. The smallest absolute Gasteiger partial charge is 0.241 e. The molecule has 0 spiro atoms. The molecule has 1 saturated carbocycles. The summed E-state index contributed by atoms with van der Waals surface area (Å²) >= 11 is 0. The fourth-order valence-electron chi connectivity index (χ4n) is 5.27. The van der Waals surface area contributed by atoms with Crippen LogP contribution in [-0.4, -0.2) is 58.9 Å². The number of benzene rings is 2. The van der Waals surface area contributed by atoms with Crippen molar-refractivity contribution in [3.05, 3.63) is 65.7 Å². The van der Waals surface area contributed by atoms with E-state index in [9.17, 15) is 19.5 Å². The lowest BCUT2D eigenvalue weighted by Crippen LogP contribution is -2.46. The Morgan fingerprint density at radius 3 is 2.53 bits per heavy atom. The van der Waals surface area contributed by atoms with Crippen LogP contribution in [0.3, 0.4) is 0 Å². The quantitative estimate of drug-likeness (QED) is 0.577. The first-order chi connectivity index (χ1) is 16.5. The standard InChI is InChI=1S/C27H32N2O5/c1-34-23-13-7-10-21(16-23)27(18-25(32)29(26(27)33)22-11-5-6-12-22)17-24(31)28(14-15-30)19-20-8-3-2-4-9-20/h2-4,7-10,13,16,22,30H,5-6,11-12,14-15,17-19H2,1H3. The zero-order chi connectivity index (χ0) is 24.1. The van der Waals surface area contributed by atoms with Gasteiger partial charge in [-0.15, -0.1) is 0 Å². The predicted octanol–water partition coefficient (Wildman–Crippen LogP) is 3.05. The van der Waals surface area contributed by atoms with Crippen molar-refractivity contribution < 1.29 is 24.2 Å². The van der Waals surface area contributed by atoms with E-state index in [0.717, 1.165) is 31.2 Å². The van der Waals surface area contributed by atoms with Crippen LogP contribution < -0.4 is 4.74 Å². The summed E-state index contributed by atoms with van der Waals surface area (Å²) in [6.45, 7) is 0.283. The number of imide groups is 1. The first kappa shape index (κ1) is 24.0. The van der Waals surface area contributed by atoms with Crippen LogP contribution >= 0.6 is 0 Å². The first-order valence-corrected chi connectivity index (χ1v) is 11.9. The Kier molecular flexibility index (Phi) is 7.32. The number of amides is 3. The summed E-state index contributed by atoms with van der Waals surface area (Å²) < 4.78 is 5.38. The number of carbonyl (C=O) groups excluding carboxylic acids is 3. The average molecular weight is 465 g/mol. The Morgan fingerprint density at radius 2 is 1.85 bits per heavy atom. The van der Waals surface area contributed by atoms with Crippen LogP contribution in [-0.2, 0) is 26.3 Å². The average Bonchev–Trinajstić information content (AvgIpc) is 3.46. The van der Waals surface area contributed by atoms with Gasteiger partial charge in [0.2, 0.25) is 17.7 Å². The third-order valence-corrected chi connectivity index (χ3v) is 7.05. The molecule has 34 heavy (non-hydrogen) atoms. The van der Waals surface area contributed by atoms with Crippen molar-refractivity contribution in [2.24, 2.45) is 0 Å². The fraction of sp³-hybridized carbons (Fsp3) is 0.444. The van der Waals surface area contributed by atoms with E-state index in [1.165, 1.54) is 4.90 Å². The lowest BCUT2D eigenvalue weighted by atomic mass is 9.75. The molecule has 1 heterocycles. The lowest BCUT2D eigenvalue weighted by Gasteiger charge is -2.31. The Hall–Kier alpha value is -3.19. The minimum atomic E-state index is -1.28. The molecule has 0 radical (unpaired) electrons. The largest absolute Gasteiger partial charge is 0.497 e. The number of methoxy groups -OCH3 is 1. The summed E-state index contributed by atoms with van der Waals surface area (Å²) in [7, 11) is 1.55. The number of hydrogen-bond donors (Lipinski definition) is 1. The summed E-state index contributed by atoms with van der Waals surface area (Å²) in [6, 6.07) is 16.6. The molecule has 2 aromatic carbocycles. The Bertz CT molecular complexity index is 1030. The van der Waals surface area contributed by atoms with E-state index in [1.807, 2.05) is 30.3 Å². The predicted molar refractivity (Wildman–Crippen MR) is 127 cm³/mol. The summed E-state index contributed by atoms with van der Waals surface area (Å²) in [5, 5.41) is 9.61. The maximum atomic E-state index is 13.9. The van der Waals surface area contributed by atoms with Crippen molar-refractivity contribution in [1.29, 1.82) is 0 Å². The third-order valence-electron chi connectivity index (χ3n) is 7.05. The fourth-order valence-corrected chi connectivity index (χ4v) is 5.27. The van der Waals surface area contributed by atoms with Gasteiger partial charge in [-0.2, -0.15) is 0 Å². The van der Waals surface area contributed by atoms with Gasteiger partial charge in [-0.05, 0) is 36.1 Å². The van der Waals surface area contributed by atoms with E-state index in [2.05, 4.69) is 0 Å². The monoisotopic (exact) mass is 464 g/mol. The lowest BCUT2D eigenvalue weighted by molar-refractivity contribution is -0.145. The molecule has 1 aliphatic heterocycles. The number of carbonyl (C=O) groups is 3. The van der Waals surface area contributed by atoms with E-state index in [4.69, 9.17) is 4.74 Å². The zero-order valence-electron chi connectivity index (χ0n) is 19.6. The molecule has 3 amide bonds. The number of aliphatic hydroxyl groups is 1. The summed E-state index contributed by atoms with van der Waals surface area (Å²) in [5.41, 5.74) is 0.263. The maximum Gasteiger partial charge on any atom is 0.241 e. The van der Waals surface area contributed by atoms with Gasteiger partial charge in [-0.3, -0.25) is 19.3 Å². The van der Waals surface area contributed by atoms with Crippen LogP contribution in [0.4, 0.5) is 0 Å². The summed E-state index contributed by atoms with van der Waals surface area (Å²) in [4.78, 5) is 43.7. The zero-order valence-corrected chi connectivity index (χ0v) is 19.6. The molecule has 1 aliphatic carbocycles. The molecule has 4 rings (SSSR count). The van der Waals surface area contributed by atoms with Crippen molar-refractivity contribution in [3.63, 3.8) is 0 Å². The molecule has 7 nitrogen and oxygen atoms in total. The van der Waals surface area contributed by atoms with Crippen LogP contribution in [0.1, 0.15) is 49.7 Å². The molecule has 2 aliphatic rings. The van der Waals surface area contributed by atoms with Crippen LogP contribution in [0.2, 0.25) is 0 Å². The van der Waals surface area contributed by atoms with E-state index in [-0.39, 0.29) is 49.8 Å². The van der Waals surface area contributed by atoms with Gasteiger partial charge in [-0.25, -0.2) is 0 Å². The van der Waals surface area contributed by atoms with E-state index >= 15 is 0 Å². The molecular formula is C27H32N2O5. The Balaban J connectivity index is 1.68. The molecule has 1 N–H and O–H groups in total. The molecule has 2 aromatic rings. The van der Waals surface area contributed by atoms with Gasteiger partial charge in [0.05, 0.1) is 19.1 Å². The second kappa shape index (κ2) is 10.4. The Morgan fingerprint density at radius 1 is 1.12 bits per heavy atom. The molecule has 1 saturated heterocycles. The van der Waals surface area contributed by atoms with E-state index in [1.54, 1.807) is 36.3 Å². The molecule has 0 aromatic heterocycles. The van der Waals surface area contributed by atoms with Crippen LogP contribution in [0.15, 0.2) is 54.6 Å². The summed E-state index contributed by atoms with van der Waals surface area (Å²) in [6.07, 6.45) is 3.43. The van der Waals surface area contributed by atoms with Crippen molar-refractivity contribution in [3.8, 4) is 5.75 Å².